The maximum absolute atomic E-state index is 12.7. The third-order valence-electron chi connectivity index (χ3n) is 5.12. The van der Waals surface area contributed by atoms with Crippen LogP contribution in [0.15, 0.2) is 0 Å². The molecular formula is C26H40F10O13. The molecule has 0 unspecified atom stereocenters. The fourth-order valence-electron chi connectivity index (χ4n) is 2.66. The standard InChI is InChI=1S/C26H40F10O13/c27-23(28,25(31,32)33)21(37)48-19-17-46-15-13-44-11-9-42-7-5-40-3-1-39-2-4-41-6-8-43-10-12-45-14-16-47-18-20-49-22(38)24(29,30)26(34,35)36/h1-20H2. The highest BCUT2D eigenvalue weighted by molar-refractivity contribution is 5.79. The van der Waals surface area contributed by atoms with Crippen LogP contribution in [-0.2, 0) is 61.7 Å². The molecule has 0 aromatic heterocycles. The van der Waals surface area contributed by atoms with Crippen LogP contribution in [0.25, 0.3) is 0 Å². The molecule has 13 nitrogen and oxygen atoms in total. The number of rotatable bonds is 32. The van der Waals surface area contributed by atoms with Gasteiger partial charge in [-0.25, -0.2) is 9.59 Å². The van der Waals surface area contributed by atoms with Crippen LogP contribution in [0.5, 0.6) is 0 Å². The number of carbonyl (C=O) groups is 2. The third kappa shape index (κ3) is 23.1. The molecule has 23 heteroatoms. The molecule has 0 saturated carbocycles. The van der Waals surface area contributed by atoms with Crippen molar-refractivity contribution in [2.24, 2.45) is 0 Å². The van der Waals surface area contributed by atoms with E-state index in [1.807, 2.05) is 0 Å². The molecule has 0 aliphatic rings. The second-order valence-electron chi connectivity index (χ2n) is 8.93. The predicted octanol–water partition coefficient (Wildman–Crippen LogP) is 2.62. The van der Waals surface area contributed by atoms with Gasteiger partial charge in [-0.3, -0.25) is 0 Å². The maximum Gasteiger partial charge on any atom is 0.465 e. The molecule has 0 aromatic rings. The minimum absolute atomic E-state index is 0.0148. The second kappa shape index (κ2) is 26.7. The fraction of sp³-hybridized carbons (Fsp3) is 0.923. The largest absolute Gasteiger partial charge is 0.465 e. The molecule has 0 N–H and O–H groups in total. The Balaban J connectivity index is 3.28. The van der Waals surface area contributed by atoms with E-state index < -0.39 is 49.4 Å². The quantitative estimate of drug-likeness (QED) is 0.0567. The number of hydrogen-bond acceptors (Lipinski definition) is 13. The summed E-state index contributed by atoms with van der Waals surface area (Å²) in [5.74, 6) is -16.6. The van der Waals surface area contributed by atoms with Crippen LogP contribution in [0.4, 0.5) is 43.9 Å². The summed E-state index contributed by atoms with van der Waals surface area (Å²) in [5.41, 5.74) is 0. The Morgan fingerprint density at radius 3 is 0.571 bits per heavy atom. The lowest BCUT2D eigenvalue weighted by atomic mass is 10.3. The van der Waals surface area contributed by atoms with Crippen molar-refractivity contribution in [1.29, 1.82) is 0 Å². The Bertz CT molecular complexity index is 783. The van der Waals surface area contributed by atoms with E-state index in [2.05, 4.69) is 9.47 Å². The van der Waals surface area contributed by atoms with E-state index in [0.29, 0.717) is 39.6 Å². The van der Waals surface area contributed by atoms with Gasteiger partial charge in [0.05, 0.1) is 119 Å². The Morgan fingerprint density at radius 1 is 0.286 bits per heavy atom. The Morgan fingerprint density at radius 2 is 0.429 bits per heavy atom. The van der Waals surface area contributed by atoms with Gasteiger partial charge in [0.2, 0.25) is 0 Å². The summed E-state index contributed by atoms with van der Waals surface area (Å²) >= 11 is 0. The highest BCUT2D eigenvalue weighted by Crippen LogP contribution is 2.37. The van der Waals surface area contributed by atoms with E-state index >= 15 is 0 Å². The number of halogens is 10. The van der Waals surface area contributed by atoms with Gasteiger partial charge in [-0.2, -0.15) is 43.9 Å². The molecule has 0 radical (unpaired) electrons. The van der Waals surface area contributed by atoms with Crippen LogP contribution in [0.3, 0.4) is 0 Å². The molecule has 0 saturated heterocycles. The first-order valence-corrected chi connectivity index (χ1v) is 14.5. The zero-order valence-electron chi connectivity index (χ0n) is 26.2. The van der Waals surface area contributed by atoms with Gasteiger partial charge < -0.3 is 52.1 Å². The lowest BCUT2D eigenvalue weighted by Gasteiger charge is -2.17. The second-order valence-corrected chi connectivity index (χ2v) is 8.93. The van der Waals surface area contributed by atoms with Crippen LogP contribution >= 0.6 is 0 Å². The molecule has 0 atom stereocenters. The summed E-state index contributed by atoms with van der Waals surface area (Å²) in [5, 5.41) is 0. The zero-order chi connectivity index (χ0) is 37.1. The van der Waals surface area contributed by atoms with Gasteiger partial charge in [0.25, 0.3) is 0 Å². The van der Waals surface area contributed by atoms with Gasteiger partial charge >= 0.3 is 36.1 Å². The summed E-state index contributed by atoms with van der Waals surface area (Å²) in [6.45, 7) is 1.18. The summed E-state index contributed by atoms with van der Waals surface area (Å²) in [7, 11) is 0. The van der Waals surface area contributed by atoms with Crippen molar-refractivity contribution in [2.45, 2.75) is 24.2 Å². The van der Waals surface area contributed by atoms with Crippen LogP contribution in [-0.4, -0.2) is 168 Å². The average molecular weight is 751 g/mol. The van der Waals surface area contributed by atoms with E-state index in [1.54, 1.807) is 0 Å². The molecule has 0 aromatic carbocycles. The number of esters is 2. The SMILES string of the molecule is O=C(OCCOCCOCCOCCOCCOCCOCCOCCOCCOCCOC(=O)C(F)(F)C(F)(F)F)C(F)(F)C(F)(F)F. The third-order valence-corrected chi connectivity index (χ3v) is 5.12. The monoisotopic (exact) mass is 750 g/mol. The highest BCUT2D eigenvalue weighted by Gasteiger charge is 2.65. The van der Waals surface area contributed by atoms with Gasteiger partial charge in [0.1, 0.15) is 13.2 Å². The summed E-state index contributed by atoms with van der Waals surface area (Å²) in [6, 6.07) is 0. The zero-order valence-corrected chi connectivity index (χ0v) is 26.2. The van der Waals surface area contributed by atoms with E-state index in [0.717, 1.165) is 0 Å². The van der Waals surface area contributed by atoms with Crippen LogP contribution < -0.4 is 0 Å². The molecule has 0 aliphatic carbocycles. The smallest absolute Gasteiger partial charge is 0.459 e. The van der Waals surface area contributed by atoms with Crippen molar-refractivity contribution >= 4 is 11.9 Å². The molecule has 0 amide bonds. The van der Waals surface area contributed by atoms with Crippen LogP contribution in [0.2, 0.25) is 0 Å². The molecular weight excluding hydrogens is 710 g/mol. The average Bonchev–Trinajstić information content (AvgIpc) is 3.02. The molecule has 0 aliphatic heterocycles. The van der Waals surface area contributed by atoms with Gasteiger partial charge in [-0.05, 0) is 0 Å². The first-order chi connectivity index (χ1) is 23.0. The predicted molar refractivity (Wildman–Crippen MR) is 141 cm³/mol. The minimum Gasteiger partial charge on any atom is -0.459 e. The topological polar surface area (TPSA) is 136 Å². The van der Waals surface area contributed by atoms with Crippen molar-refractivity contribution in [3.63, 3.8) is 0 Å². The molecule has 292 valence electrons. The van der Waals surface area contributed by atoms with Gasteiger partial charge in [-0.1, -0.05) is 0 Å². The van der Waals surface area contributed by atoms with Crippen LogP contribution in [0, 0.1) is 0 Å². The Hall–Kier alpha value is -2.12. The number of carbonyl (C=O) groups excluding carboxylic acids is 2. The summed E-state index contributed by atoms with van der Waals surface area (Å²) in [6.07, 6.45) is -12.1. The number of ether oxygens (including phenoxy) is 11. The lowest BCUT2D eigenvalue weighted by Crippen LogP contribution is -2.45. The van der Waals surface area contributed by atoms with Gasteiger partial charge in [-0.15, -0.1) is 0 Å². The van der Waals surface area contributed by atoms with E-state index in [1.165, 1.54) is 0 Å². The van der Waals surface area contributed by atoms with E-state index in [9.17, 15) is 53.5 Å². The van der Waals surface area contributed by atoms with Crippen molar-refractivity contribution < 1.29 is 106 Å². The molecule has 0 heterocycles. The molecule has 0 fully saturated rings. The summed E-state index contributed by atoms with van der Waals surface area (Å²) < 4.78 is 177. The van der Waals surface area contributed by atoms with Crippen LogP contribution in [0.1, 0.15) is 0 Å². The first-order valence-electron chi connectivity index (χ1n) is 14.5. The molecule has 49 heavy (non-hydrogen) atoms. The minimum atomic E-state index is -6.04. The maximum atomic E-state index is 12.7. The summed E-state index contributed by atoms with van der Waals surface area (Å²) in [4.78, 5) is 21.5. The Labute approximate surface area is 274 Å². The lowest BCUT2D eigenvalue weighted by molar-refractivity contribution is -0.281. The molecule has 0 spiro atoms. The van der Waals surface area contributed by atoms with Gasteiger partial charge in [0, 0.05) is 0 Å². The number of hydrogen-bond donors (Lipinski definition) is 0. The van der Waals surface area contributed by atoms with E-state index in [4.69, 9.17) is 42.6 Å². The van der Waals surface area contributed by atoms with Crippen molar-refractivity contribution in [3.8, 4) is 0 Å². The normalized spacial score (nSPS) is 12.8. The first kappa shape index (κ1) is 46.9. The fourth-order valence-corrected chi connectivity index (χ4v) is 2.66. The van der Waals surface area contributed by atoms with Crippen molar-refractivity contribution in [1.82, 2.24) is 0 Å². The van der Waals surface area contributed by atoms with E-state index in [-0.39, 0.29) is 79.3 Å². The van der Waals surface area contributed by atoms with Crippen molar-refractivity contribution in [3.05, 3.63) is 0 Å². The van der Waals surface area contributed by atoms with Gasteiger partial charge in [0.15, 0.2) is 0 Å². The van der Waals surface area contributed by atoms with Crippen molar-refractivity contribution in [2.75, 3.05) is 132 Å². The molecule has 0 rings (SSSR count). The number of alkyl halides is 10. The molecule has 0 bridgehead atoms. The Kier molecular flexibility index (Phi) is 25.5. The highest BCUT2D eigenvalue weighted by atomic mass is 19.4.